The number of allylic oxidation sites excluding steroid dienone is 2. The van der Waals surface area contributed by atoms with Crippen molar-refractivity contribution >= 4 is 76.2 Å². The third kappa shape index (κ3) is 11.4. The lowest BCUT2D eigenvalue weighted by Crippen LogP contribution is -2.54. The third-order valence-corrected chi connectivity index (χ3v) is 13.8. The van der Waals surface area contributed by atoms with Gasteiger partial charge >= 0.3 is 12.1 Å². The highest BCUT2D eigenvalue weighted by Gasteiger charge is 2.82. The maximum Gasteiger partial charge on any atom is 0.407 e. The molecule has 0 aromatic heterocycles. The summed E-state index contributed by atoms with van der Waals surface area (Å²) in [5.41, 5.74) is 2.16. The van der Waals surface area contributed by atoms with Gasteiger partial charge in [0.2, 0.25) is 23.6 Å². The van der Waals surface area contributed by atoms with Crippen LogP contribution in [-0.4, -0.2) is 135 Å². The van der Waals surface area contributed by atoms with Crippen LogP contribution in [0.5, 0.6) is 5.75 Å². The number of nitrogens with one attached hydrogen (secondary N) is 7. The van der Waals surface area contributed by atoms with Crippen LogP contribution in [0.3, 0.4) is 0 Å². The Hall–Kier alpha value is -9.36. The molecule has 9 amide bonds. The number of nitrogens with zero attached hydrogens (tertiary/aromatic N) is 1. The van der Waals surface area contributed by atoms with Gasteiger partial charge in [-0.3, -0.25) is 43.3 Å². The molecule has 1 fully saturated rings. The van der Waals surface area contributed by atoms with Gasteiger partial charge in [-0.05, 0) is 86.2 Å². The molecule has 8 rings (SSSR count). The molecule has 0 radical (unpaired) electrons. The van der Waals surface area contributed by atoms with E-state index in [0.29, 0.717) is 11.3 Å². The SMILES string of the molecule is CC(C)[C@H](NC(=O)CCCN1C(=O)C=CC1=O)C(=O)N[C@@H](CCCNC(N)=O)C(=O)Nc1ccc(COC(=O)NCC(=O)Nc2ccc3c(c2)C(=O)c2c(O)cc4c(c2C3=O)N[C@H]2C#C/C=C\C#C[C@@H](O)[C@@]43O[C@@]23[C@@H](C)O)cc1. The van der Waals surface area contributed by atoms with Crippen LogP contribution in [-0.2, 0) is 50.4 Å². The molecule has 0 spiro atoms. The van der Waals surface area contributed by atoms with E-state index in [1.54, 1.807) is 26.0 Å². The summed E-state index contributed by atoms with van der Waals surface area (Å²) in [6.45, 7) is 4.13. The van der Waals surface area contributed by atoms with Crippen LogP contribution in [0.4, 0.5) is 26.7 Å². The highest BCUT2D eigenvalue weighted by atomic mass is 16.7. The van der Waals surface area contributed by atoms with Gasteiger partial charge in [0.1, 0.15) is 37.0 Å². The fourth-order valence-corrected chi connectivity index (χ4v) is 9.87. The number of urea groups is 1. The van der Waals surface area contributed by atoms with Crippen molar-refractivity contribution in [3.05, 3.63) is 106 Å². The number of phenols is 1. The van der Waals surface area contributed by atoms with Gasteiger partial charge in [-0.25, -0.2) is 9.59 Å². The Labute approximate surface area is 451 Å². The maximum atomic E-state index is 14.3. The van der Waals surface area contributed by atoms with E-state index in [2.05, 4.69) is 60.9 Å². The Kier molecular flexibility index (Phi) is 16.3. The molecule has 3 aromatic rings. The molecule has 3 heterocycles. The number of aromatic hydroxyl groups is 1. The number of epoxide rings is 1. The van der Waals surface area contributed by atoms with Crippen molar-refractivity contribution < 1.29 is 72.7 Å². The van der Waals surface area contributed by atoms with E-state index < -0.39 is 119 Å². The molecule has 24 heteroatoms. The van der Waals surface area contributed by atoms with Crippen LogP contribution in [0, 0.1) is 29.6 Å². The molecule has 3 aromatic carbocycles. The van der Waals surface area contributed by atoms with Gasteiger partial charge < -0.3 is 67.7 Å². The molecular formula is C55H55N9O15. The number of ketones is 2. The number of benzene rings is 3. The predicted molar refractivity (Wildman–Crippen MR) is 279 cm³/mol. The Morgan fingerprint density at radius 3 is 2.19 bits per heavy atom. The van der Waals surface area contributed by atoms with E-state index >= 15 is 0 Å². The number of nitrogens with two attached hydrogens (primary N) is 1. The normalized spacial score (nSPS) is 21.3. The van der Waals surface area contributed by atoms with Crippen molar-refractivity contribution in [1.29, 1.82) is 0 Å². The first kappa shape index (κ1) is 55.9. The first-order valence-corrected chi connectivity index (χ1v) is 25.1. The Balaban J connectivity index is 0.835. The van der Waals surface area contributed by atoms with E-state index in [0.717, 1.165) is 17.1 Å². The van der Waals surface area contributed by atoms with E-state index in [-0.39, 0.29) is 84.6 Å². The topological polar surface area (TPSA) is 367 Å². The number of aliphatic hydroxyl groups is 2. The van der Waals surface area contributed by atoms with Crippen molar-refractivity contribution in [3.63, 3.8) is 0 Å². The Morgan fingerprint density at radius 2 is 1.51 bits per heavy atom. The van der Waals surface area contributed by atoms with Crippen molar-refractivity contribution in [1.82, 2.24) is 26.2 Å². The maximum absolute atomic E-state index is 14.3. The number of primary amides is 1. The van der Waals surface area contributed by atoms with E-state index in [9.17, 15) is 63.3 Å². The number of phenolic OH excluding ortho intramolecular Hbond substituents is 1. The largest absolute Gasteiger partial charge is 0.507 e. The van der Waals surface area contributed by atoms with Crippen molar-refractivity contribution in [2.45, 2.75) is 94.6 Å². The molecule has 0 unspecified atom stereocenters. The number of hydrogen-bond donors (Lipinski definition) is 11. The molecule has 79 heavy (non-hydrogen) atoms. The van der Waals surface area contributed by atoms with E-state index in [1.165, 1.54) is 55.5 Å². The first-order valence-electron chi connectivity index (χ1n) is 25.1. The number of carbonyl (C=O) groups is 10. The van der Waals surface area contributed by atoms with Crippen LogP contribution in [0.15, 0.2) is 72.8 Å². The molecule has 2 aliphatic carbocycles. The van der Waals surface area contributed by atoms with E-state index in [4.69, 9.17) is 15.2 Å². The standard InChI is InChI=1S/C55H55N9O15/c1-28(2)46(63-40(68)13-9-23-64-42(70)20-21-43(64)71)51(75)61-36(10-8-22-57-52(56)76)50(74)60-31-16-14-30(15-17-31)27-78-53(77)58-26-41(69)59-32-18-19-33-34(24-32)49(73)44-37(66)25-35-47(45(44)48(33)72)62-38-11-6-4-5-7-12-39(67)55(35)54(38,79-55)29(3)65/h4-5,14-21,24-25,28-29,36,38-39,46,62,65-67H,8-10,13,22-23,26-27H2,1-3H3,(H,58,77)(H,59,69)(H,60,74)(H,61,75)(H,63,68)(H3,56,57,76)/b5-4-/t29-,36+,38+,39-,46+,54+,55+/m1/s1. The molecule has 0 saturated carbocycles. The predicted octanol–water partition coefficient (Wildman–Crippen LogP) is 0.827. The lowest BCUT2D eigenvalue weighted by molar-refractivity contribution is -0.137. The van der Waals surface area contributed by atoms with Crippen LogP contribution in [0.1, 0.15) is 89.4 Å². The van der Waals surface area contributed by atoms with Crippen molar-refractivity contribution in [2.75, 3.05) is 35.6 Å². The molecule has 7 atom stereocenters. The molecule has 3 aliphatic heterocycles. The fourth-order valence-electron chi connectivity index (χ4n) is 9.87. The minimum atomic E-state index is -1.74. The van der Waals surface area contributed by atoms with Crippen LogP contribution in [0.2, 0.25) is 0 Å². The monoisotopic (exact) mass is 1080 g/mol. The molecule has 2 bridgehead atoms. The minimum Gasteiger partial charge on any atom is -0.507 e. The second kappa shape index (κ2) is 23.1. The van der Waals surface area contributed by atoms with Gasteiger partial charge in [0.05, 0.1) is 22.9 Å². The van der Waals surface area contributed by atoms with Crippen LogP contribution in [0.25, 0.3) is 0 Å². The van der Waals surface area contributed by atoms with Gasteiger partial charge in [0.25, 0.3) is 11.8 Å². The number of anilines is 3. The van der Waals surface area contributed by atoms with E-state index in [1.807, 2.05) is 0 Å². The number of carbonyl (C=O) groups excluding carboxylic acids is 10. The van der Waals surface area contributed by atoms with Gasteiger partial charge in [0.15, 0.2) is 28.9 Å². The number of rotatable bonds is 20. The summed E-state index contributed by atoms with van der Waals surface area (Å²) in [7, 11) is 0. The second-order valence-corrected chi connectivity index (χ2v) is 19.4. The molecular weight excluding hydrogens is 1030 g/mol. The summed E-state index contributed by atoms with van der Waals surface area (Å²) in [5, 5.41) is 52.3. The summed E-state index contributed by atoms with van der Waals surface area (Å²) >= 11 is 0. The minimum absolute atomic E-state index is 0.0167. The summed E-state index contributed by atoms with van der Waals surface area (Å²) in [5.74, 6) is 5.20. The number of amides is 9. The number of imide groups is 1. The molecule has 410 valence electrons. The highest BCUT2D eigenvalue weighted by molar-refractivity contribution is 6.31. The smallest absolute Gasteiger partial charge is 0.407 e. The third-order valence-electron chi connectivity index (χ3n) is 13.8. The Morgan fingerprint density at radius 1 is 0.823 bits per heavy atom. The average Bonchev–Trinajstić information content (AvgIpc) is 1.93. The molecule has 12 N–H and O–H groups in total. The molecule has 24 nitrogen and oxygen atoms in total. The summed E-state index contributed by atoms with van der Waals surface area (Å²) in [4.78, 5) is 130. The lowest BCUT2D eigenvalue weighted by atomic mass is 9.69. The molecule has 5 aliphatic rings. The zero-order valence-corrected chi connectivity index (χ0v) is 42.8. The number of fused-ring (bicyclic) bond motifs is 4. The average molecular weight is 1080 g/mol. The fraction of sp³-hybridized carbons (Fsp3) is 0.345. The summed E-state index contributed by atoms with van der Waals surface area (Å²) in [6, 6.07) is 7.28. The van der Waals surface area contributed by atoms with Gasteiger partial charge in [-0.15, -0.1) is 0 Å². The second-order valence-electron chi connectivity index (χ2n) is 19.4. The van der Waals surface area contributed by atoms with Crippen LogP contribution < -0.4 is 43.0 Å². The van der Waals surface area contributed by atoms with Crippen molar-refractivity contribution in [3.8, 4) is 29.4 Å². The zero-order valence-electron chi connectivity index (χ0n) is 42.8. The zero-order chi connectivity index (χ0) is 56.9. The summed E-state index contributed by atoms with van der Waals surface area (Å²) < 4.78 is 11.5. The van der Waals surface area contributed by atoms with Crippen LogP contribution >= 0.6 is 0 Å². The lowest BCUT2D eigenvalue weighted by Gasteiger charge is -2.37. The summed E-state index contributed by atoms with van der Waals surface area (Å²) in [6.07, 6.45) is 1.77. The number of ether oxygens (including phenoxy) is 2. The van der Waals surface area contributed by atoms with Crippen molar-refractivity contribution in [2.24, 2.45) is 11.7 Å². The van der Waals surface area contributed by atoms with Gasteiger partial charge in [0, 0.05) is 59.7 Å². The van der Waals surface area contributed by atoms with Gasteiger partial charge in [-0.2, -0.15) is 0 Å². The number of aliphatic hydroxyl groups excluding tert-OH is 2. The first-order chi connectivity index (χ1) is 37.7. The Bertz CT molecular complexity index is 3260. The number of alkyl carbamates (subject to hydrolysis) is 1. The van der Waals surface area contributed by atoms with Gasteiger partial charge in [-0.1, -0.05) is 49.7 Å². The number of hydrogen-bond acceptors (Lipinski definition) is 16. The highest BCUT2D eigenvalue weighted by Crippen LogP contribution is 2.67. The molecule has 1 saturated heterocycles. The quantitative estimate of drug-likeness (QED) is 0.0192.